The molecule has 0 aromatic carbocycles. The van der Waals surface area contributed by atoms with Gasteiger partial charge in [-0.3, -0.25) is 4.79 Å². The summed E-state index contributed by atoms with van der Waals surface area (Å²) in [5.74, 6) is -0.321. The zero-order chi connectivity index (χ0) is 10.8. The molecule has 0 bridgehead atoms. The van der Waals surface area contributed by atoms with E-state index in [1.54, 1.807) is 12.3 Å². The van der Waals surface area contributed by atoms with Gasteiger partial charge >= 0.3 is 5.97 Å². The number of fused-ring (bicyclic) bond motifs is 1. The summed E-state index contributed by atoms with van der Waals surface area (Å²) in [4.78, 5) is 19.1. The van der Waals surface area contributed by atoms with Crippen molar-refractivity contribution in [2.24, 2.45) is 0 Å². The Morgan fingerprint density at radius 1 is 1.60 bits per heavy atom. The molecule has 0 saturated carbocycles. The molecule has 0 fully saturated rings. The summed E-state index contributed by atoms with van der Waals surface area (Å²) in [6.07, 6.45) is 1.62. The van der Waals surface area contributed by atoms with E-state index in [2.05, 4.69) is 9.97 Å². The van der Waals surface area contributed by atoms with E-state index in [4.69, 9.17) is 5.11 Å². The first-order valence-electron chi connectivity index (χ1n) is 4.74. The number of pyridine rings is 1. The highest BCUT2D eigenvalue weighted by Crippen LogP contribution is 2.13. The molecule has 15 heavy (non-hydrogen) atoms. The van der Waals surface area contributed by atoms with E-state index in [1.807, 2.05) is 17.6 Å². The van der Waals surface area contributed by atoms with Crippen LogP contribution in [0.4, 0.5) is 0 Å². The molecule has 0 aliphatic rings. The summed E-state index contributed by atoms with van der Waals surface area (Å²) < 4.78 is 1.82. The highest BCUT2D eigenvalue weighted by molar-refractivity contribution is 5.74. The summed E-state index contributed by atoms with van der Waals surface area (Å²) in [5, 5.41) is 8.74. The number of aliphatic carboxylic acids is 1. The number of hydrogen-bond acceptors (Lipinski definition) is 3. The Bertz CT molecular complexity index is 504. The number of carbonyl (C=O) groups is 1. The van der Waals surface area contributed by atoms with Gasteiger partial charge in [-0.2, -0.15) is 0 Å². The fourth-order valence-electron chi connectivity index (χ4n) is 1.61. The lowest BCUT2D eigenvalue weighted by Crippen LogP contribution is -2.08. The van der Waals surface area contributed by atoms with E-state index in [1.165, 1.54) is 0 Å². The van der Waals surface area contributed by atoms with Crippen LogP contribution in [0.3, 0.4) is 0 Å². The first-order valence-corrected chi connectivity index (χ1v) is 4.74. The van der Waals surface area contributed by atoms with Crippen LogP contribution >= 0.6 is 0 Å². The number of rotatable bonds is 3. The van der Waals surface area contributed by atoms with Crippen molar-refractivity contribution in [1.82, 2.24) is 14.5 Å². The first kappa shape index (κ1) is 9.64. The van der Waals surface area contributed by atoms with E-state index >= 15 is 0 Å². The fourth-order valence-corrected chi connectivity index (χ4v) is 1.61. The Morgan fingerprint density at radius 2 is 2.40 bits per heavy atom. The highest BCUT2D eigenvalue weighted by atomic mass is 16.4. The van der Waals surface area contributed by atoms with Gasteiger partial charge in [-0.15, -0.1) is 0 Å². The van der Waals surface area contributed by atoms with E-state index in [9.17, 15) is 4.79 Å². The minimum Gasteiger partial charge on any atom is -0.481 e. The third-order valence-electron chi connectivity index (χ3n) is 2.21. The third-order valence-corrected chi connectivity index (χ3v) is 2.21. The molecule has 0 spiro atoms. The van der Waals surface area contributed by atoms with Crippen LogP contribution in [0, 0.1) is 0 Å². The maximum atomic E-state index is 10.6. The Morgan fingerprint density at radius 3 is 3.07 bits per heavy atom. The molecule has 0 amide bonds. The van der Waals surface area contributed by atoms with Gasteiger partial charge in [0.2, 0.25) is 0 Å². The average molecular weight is 205 g/mol. The summed E-state index contributed by atoms with van der Waals surface area (Å²) in [6, 6.07) is 3.62. The second kappa shape index (κ2) is 3.68. The van der Waals surface area contributed by atoms with Crippen molar-refractivity contribution in [3.8, 4) is 0 Å². The second-order valence-corrected chi connectivity index (χ2v) is 3.19. The van der Waals surface area contributed by atoms with E-state index < -0.39 is 5.97 Å². The molecular weight excluding hydrogens is 194 g/mol. The molecule has 78 valence electrons. The largest absolute Gasteiger partial charge is 0.481 e. The van der Waals surface area contributed by atoms with Crippen molar-refractivity contribution in [3.05, 3.63) is 24.2 Å². The van der Waals surface area contributed by atoms with E-state index in [0.717, 1.165) is 11.2 Å². The van der Waals surface area contributed by atoms with Gasteiger partial charge in [0.15, 0.2) is 5.65 Å². The Kier molecular flexibility index (Phi) is 2.37. The van der Waals surface area contributed by atoms with Gasteiger partial charge < -0.3 is 9.67 Å². The average Bonchev–Trinajstić information content (AvgIpc) is 2.53. The molecule has 5 nitrogen and oxygen atoms in total. The minimum atomic E-state index is -0.875. The Hall–Kier alpha value is -1.91. The Labute approximate surface area is 86.4 Å². The molecule has 5 heteroatoms. The van der Waals surface area contributed by atoms with Gasteiger partial charge in [0.25, 0.3) is 0 Å². The van der Waals surface area contributed by atoms with Gasteiger partial charge in [0.05, 0.1) is 0 Å². The number of imidazole rings is 1. The summed E-state index contributed by atoms with van der Waals surface area (Å²) >= 11 is 0. The molecule has 0 aliphatic heterocycles. The molecule has 0 saturated heterocycles. The molecule has 0 unspecified atom stereocenters. The van der Waals surface area contributed by atoms with Gasteiger partial charge in [-0.1, -0.05) is 0 Å². The van der Waals surface area contributed by atoms with Crippen LogP contribution in [-0.4, -0.2) is 25.6 Å². The number of carboxylic acid groups (broad SMARTS) is 1. The lowest BCUT2D eigenvalue weighted by Gasteiger charge is -2.01. The molecule has 2 heterocycles. The maximum Gasteiger partial charge on any atom is 0.311 e. The quantitative estimate of drug-likeness (QED) is 0.814. The van der Waals surface area contributed by atoms with Crippen LogP contribution in [0.5, 0.6) is 0 Å². The summed E-state index contributed by atoms with van der Waals surface area (Å²) in [5.41, 5.74) is 1.49. The number of hydrogen-bond donors (Lipinski definition) is 1. The van der Waals surface area contributed by atoms with Crippen LogP contribution in [0.15, 0.2) is 18.3 Å². The molecule has 1 N–H and O–H groups in total. The molecule has 0 atom stereocenters. The van der Waals surface area contributed by atoms with E-state index in [-0.39, 0.29) is 6.42 Å². The van der Waals surface area contributed by atoms with Gasteiger partial charge in [0.1, 0.15) is 17.8 Å². The van der Waals surface area contributed by atoms with Gasteiger partial charge in [-0.25, -0.2) is 9.97 Å². The maximum absolute atomic E-state index is 10.6. The number of aryl methyl sites for hydroxylation is 1. The van der Waals surface area contributed by atoms with Gasteiger partial charge in [0, 0.05) is 12.7 Å². The molecule has 2 aromatic heterocycles. The zero-order valence-electron chi connectivity index (χ0n) is 8.34. The van der Waals surface area contributed by atoms with E-state index in [0.29, 0.717) is 12.4 Å². The fraction of sp³-hybridized carbons (Fsp3) is 0.300. The van der Waals surface area contributed by atoms with Crippen LogP contribution in [0.25, 0.3) is 11.2 Å². The lowest BCUT2D eigenvalue weighted by molar-refractivity contribution is -0.136. The molecule has 2 rings (SSSR count). The van der Waals surface area contributed by atoms with Crippen molar-refractivity contribution in [1.29, 1.82) is 0 Å². The first-order chi connectivity index (χ1) is 7.22. The molecule has 0 radical (unpaired) electrons. The van der Waals surface area contributed by atoms with Crippen molar-refractivity contribution in [2.45, 2.75) is 19.9 Å². The summed E-state index contributed by atoms with van der Waals surface area (Å²) in [7, 11) is 0. The lowest BCUT2D eigenvalue weighted by atomic mass is 10.4. The predicted molar refractivity (Wildman–Crippen MR) is 54.5 cm³/mol. The summed E-state index contributed by atoms with van der Waals surface area (Å²) in [6.45, 7) is 2.62. The topological polar surface area (TPSA) is 68.0 Å². The highest BCUT2D eigenvalue weighted by Gasteiger charge is 2.12. The van der Waals surface area contributed by atoms with Crippen LogP contribution in [0.1, 0.15) is 12.7 Å². The second-order valence-electron chi connectivity index (χ2n) is 3.19. The standard InChI is InChI=1S/C10H11N3O2/c1-2-13-8(6-9(14)15)12-7-4-3-5-11-10(7)13/h3-5H,2,6H2,1H3,(H,14,15). The smallest absolute Gasteiger partial charge is 0.311 e. The molecular formula is C10H11N3O2. The van der Waals surface area contributed by atoms with Crippen molar-refractivity contribution in [2.75, 3.05) is 0 Å². The monoisotopic (exact) mass is 205 g/mol. The van der Waals surface area contributed by atoms with Crippen molar-refractivity contribution < 1.29 is 9.90 Å². The molecule has 2 aromatic rings. The van der Waals surface area contributed by atoms with Crippen LogP contribution < -0.4 is 0 Å². The normalized spacial score (nSPS) is 10.7. The third kappa shape index (κ3) is 1.68. The predicted octanol–water partition coefficient (Wildman–Crippen LogP) is 1.08. The van der Waals surface area contributed by atoms with Crippen molar-refractivity contribution >= 4 is 17.1 Å². The molecule has 0 aliphatic carbocycles. The Balaban J connectivity index is 2.58. The van der Waals surface area contributed by atoms with Gasteiger partial charge in [-0.05, 0) is 19.1 Å². The minimum absolute atomic E-state index is 0.0653. The SMILES string of the molecule is CCn1c(CC(=O)O)nc2cccnc21. The number of nitrogens with zero attached hydrogens (tertiary/aromatic N) is 3. The van der Waals surface area contributed by atoms with Crippen LogP contribution in [0.2, 0.25) is 0 Å². The number of carboxylic acids is 1. The zero-order valence-corrected chi connectivity index (χ0v) is 8.34. The van der Waals surface area contributed by atoms with Crippen LogP contribution in [-0.2, 0) is 17.8 Å². The number of aromatic nitrogens is 3. The van der Waals surface area contributed by atoms with Crippen molar-refractivity contribution in [3.63, 3.8) is 0 Å².